The van der Waals surface area contributed by atoms with Crippen molar-refractivity contribution in [3.63, 3.8) is 0 Å². The molecule has 0 saturated heterocycles. The quantitative estimate of drug-likeness (QED) is 0.807. The summed E-state index contributed by atoms with van der Waals surface area (Å²) in [5.74, 6) is -0.745. The summed E-state index contributed by atoms with van der Waals surface area (Å²) in [5.41, 5.74) is 1.05. The molecule has 0 amide bonds. The minimum atomic E-state index is -1.14. The van der Waals surface area contributed by atoms with Crippen LogP contribution in [-0.4, -0.2) is 27.6 Å². The Morgan fingerprint density at radius 1 is 1.41 bits per heavy atom. The van der Waals surface area contributed by atoms with E-state index in [1.54, 1.807) is 29.7 Å². The largest absolute Gasteiger partial charge is 0.496 e. The molecule has 6 heteroatoms. The van der Waals surface area contributed by atoms with Crippen molar-refractivity contribution < 1.29 is 19.0 Å². The van der Waals surface area contributed by atoms with E-state index in [4.69, 9.17) is 4.74 Å². The highest BCUT2D eigenvalue weighted by Gasteiger charge is 2.20. The number of fused-ring (bicyclic) bond motifs is 1. The molecule has 3 rings (SSSR count). The lowest BCUT2D eigenvalue weighted by atomic mass is 9.99. The number of aryl methyl sites for hydroxylation is 1. The highest BCUT2D eigenvalue weighted by atomic mass is 19.1. The van der Waals surface area contributed by atoms with Crippen molar-refractivity contribution in [3.8, 4) is 16.9 Å². The first-order chi connectivity index (χ1) is 10.5. The van der Waals surface area contributed by atoms with Crippen LogP contribution in [0, 0.1) is 12.7 Å². The van der Waals surface area contributed by atoms with Crippen LogP contribution in [0.1, 0.15) is 16.2 Å². The van der Waals surface area contributed by atoms with Crippen LogP contribution >= 0.6 is 0 Å². The number of hydrogen-bond donors (Lipinski definition) is 1. The van der Waals surface area contributed by atoms with Crippen LogP contribution in [0.4, 0.5) is 4.39 Å². The Labute approximate surface area is 125 Å². The van der Waals surface area contributed by atoms with Crippen LogP contribution in [0.25, 0.3) is 16.6 Å². The Hall–Kier alpha value is -2.89. The van der Waals surface area contributed by atoms with E-state index >= 15 is 0 Å². The van der Waals surface area contributed by atoms with Gasteiger partial charge in [0.15, 0.2) is 0 Å². The van der Waals surface area contributed by atoms with Gasteiger partial charge in [-0.2, -0.15) is 0 Å². The molecule has 0 spiro atoms. The molecule has 2 heterocycles. The molecule has 1 N–H and O–H groups in total. The number of aromatic nitrogens is 2. The Morgan fingerprint density at radius 3 is 2.86 bits per heavy atom. The maximum atomic E-state index is 14.3. The first-order valence-electron chi connectivity index (χ1n) is 6.57. The Bertz CT molecular complexity index is 886. The third-order valence-corrected chi connectivity index (χ3v) is 3.55. The molecule has 112 valence electrons. The van der Waals surface area contributed by atoms with E-state index in [-0.39, 0.29) is 22.4 Å². The van der Waals surface area contributed by atoms with Gasteiger partial charge in [-0.3, -0.25) is 0 Å². The number of pyridine rings is 1. The fourth-order valence-corrected chi connectivity index (χ4v) is 2.48. The van der Waals surface area contributed by atoms with Crippen LogP contribution in [0.5, 0.6) is 5.75 Å². The molecule has 0 fully saturated rings. The molecular weight excluding hydrogens is 287 g/mol. The van der Waals surface area contributed by atoms with Crippen molar-refractivity contribution >= 4 is 11.5 Å². The summed E-state index contributed by atoms with van der Waals surface area (Å²) in [6.07, 6.45) is 3.05. The van der Waals surface area contributed by atoms with Crippen LogP contribution in [0.3, 0.4) is 0 Å². The van der Waals surface area contributed by atoms with E-state index in [1.165, 1.54) is 25.4 Å². The van der Waals surface area contributed by atoms with Gasteiger partial charge in [0.2, 0.25) is 0 Å². The Kier molecular flexibility index (Phi) is 3.29. The van der Waals surface area contributed by atoms with Gasteiger partial charge < -0.3 is 14.2 Å². The highest BCUT2D eigenvalue weighted by molar-refractivity contribution is 5.97. The number of hydrogen-bond acceptors (Lipinski definition) is 3. The third-order valence-electron chi connectivity index (χ3n) is 3.55. The SMILES string of the molecule is COc1cccc(F)c1-c1cc2cnc(C)n2cc1C(=O)O. The van der Waals surface area contributed by atoms with Crippen LogP contribution in [0.15, 0.2) is 36.7 Å². The van der Waals surface area contributed by atoms with Crippen LogP contribution in [0.2, 0.25) is 0 Å². The van der Waals surface area contributed by atoms with Crippen molar-refractivity contribution in [3.05, 3.63) is 53.9 Å². The number of benzene rings is 1. The van der Waals surface area contributed by atoms with Gasteiger partial charge in [0.1, 0.15) is 17.4 Å². The average Bonchev–Trinajstić information content (AvgIpc) is 2.86. The second-order valence-electron chi connectivity index (χ2n) is 4.82. The minimum Gasteiger partial charge on any atom is -0.496 e. The molecule has 0 atom stereocenters. The van der Waals surface area contributed by atoms with Gasteiger partial charge in [-0.1, -0.05) is 6.07 Å². The smallest absolute Gasteiger partial charge is 0.337 e. The number of carbonyl (C=O) groups is 1. The van der Waals surface area contributed by atoms with E-state index in [2.05, 4.69) is 4.98 Å². The summed E-state index contributed by atoms with van der Waals surface area (Å²) in [6.45, 7) is 1.77. The van der Waals surface area contributed by atoms with E-state index in [0.29, 0.717) is 11.3 Å². The van der Waals surface area contributed by atoms with Crippen molar-refractivity contribution in [1.82, 2.24) is 9.38 Å². The molecule has 2 aromatic heterocycles. The van der Waals surface area contributed by atoms with Gasteiger partial charge >= 0.3 is 5.97 Å². The van der Waals surface area contributed by atoms with E-state index in [1.807, 2.05) is 0 Å². The van der Waals surface area contributed by atoms with Gasteiger partial charge in [-0.15, -0.1) is 0 Å². The molecule has 0 aliphatic heterocycles. The van der Waals surface area contributed by atoms with Crippen LogP contribution in [-0.2, 0) is 0 Å². The van der Waals surface area contributed by atoms with Gasteiger partial charge in [0.05, 0.1) is 30.0 Å². The molecular formula is C16H13FN2O3. The molecule has 0 unspecified atom stereocenters. The molecule has 5 nitrogen and oxygen atoms in total. The second-order valence-corrected chi connectivity index (χ2v) is 4.82. The number of carboxylic acid groups (broad SMARTS) is 1. The molecule has 0 radical (unpaired) electrons. The second kappa shape index (κ2) is 5.14. The molecule has 0 saturated carbocycles. The van der Waals surface area contributed by atoms with E-state index in [0.717, 1.165) is 0 Å². The van der Waals surface area contributed by atoms with Gasteiger partial charge in [-0.25, -0.2) is 14.2 Å². The monoisotopic (exact) mass is 300 g/mol. The third kappa shape index (κ3) is 2.09. The summed E-state index contributed by atoms with van der Waals surface area (Å²) >= 11 is 0. The number of halogens is 1. The lowest BCUT2D eigenvalue weighted by Gasteiger charge is -2.13. The number of methoxy groups -OCH3 is 1. The maximum Gasteiger partial charge on any atom is 0.337 e. The molecule has 0 bridgehead atoms. The maximum absolute atomic E-state index is 14.3. The zero-order valence-electron chi connectivity index (χ0n) is 12.0. The Balaban J connectivity index is 2.40. The average molecular weight is 300 g/mol. The summed E-state index contributed by atoms with van der Waals surface area (Å²) < 4.78 is 21.1. The summed E-state index contributed by atoms with van der Waals surface area (Å²) in [5, 5.41) is 9.47. The lowest BCUT2D eigenvalue weighted by Crippen LogP contribution is -2.05. The van der Waals surface area contributed by atoms with E-state index < -0.39 is 11.8 Å². The zero-order chi connectivity index (χ0) is 15.9. The minimum absolute atomic E-state index is 0.0167. The number of imidazole rings is 1. The van der Waals surface area contributed by atoms with Crippen molar-refractivity contribution in [2.24, 2.45) is 0 Å². The number of carboxylic acids is 1. The Morgan fingerprint density at radius 2 is 2.18 bits per heavy atom. The molecule has 1 aromatic carbocycles. The molecule has 0 aliphatic rings. The topological polar surface area (TPSA) is 63.8 Å². The number of rotatable bonds is 3. The standard InChI is InChI=1S/C16H13FN2O3/c1-9-18-7-10-6-11(12(16(20)21)8-19(9)10)15-13(17)4-3-5-14(15)22-2/h3-8H,1-2H3,(H,20,21). The van der Waals surface area contributed by atoms with Crippen LogP contribution < -0.4 is 4.74 Å². The first kappa shape index (κ1) is 14.1. The van der Waals surface area contributed by atoms with Gasteiger partial charge in [-0.05, 0) is 25.1 Å². The fourth-order valence-electron chi connectivity index (χ4n) is 2.48. The lowest BCUT2D eigenvalue weighted by molar-refractivity contribution is 0.0697. The number of aromatic carboxylic acids is 1. The van der Waals surface area contributed by atoms with Crippen molar-refractivity contribution in [2.75, 3.05) is 7.11 Å². The fraction of sp³-hybridized carbons (Fsp3) is 0.125. The van der Waals surface area contributed by atoms with Crippen molar-refractivity contribution in [2.45, 2.75) is 6.92 Å². The van der Waals surface area contributed by atoms with Crippen molar-refractivity contribution in [1.29, 1.82) is 0 Å². The molecule has 22 heavy (non-hydrogen) atoms. The predicted molar refractivity (Wildman–Crippen MR) is 78.8 cm³/mol. The summed E-state index contributed by atoms with van der Waals surface area (Å²) in [4.78, 5) is 15.7. The molecule has 0 aliphatic carbocycles. The summed E-state index contributed by atoms with van der Waals surface area (Å²) in [7, 11) is 1.42. The van der Waals surface area contributed by atoms with Gasteiger partial charge in [0, 0.05) is 11.8 Å². The zero-order valence-corrected chi connectivity index (χ0v) is 12.0. The number of nitrogens with zero attached hydrogens (tertiary/aromatic N) is 2. The predicted octanol–water partition coefficient (Wildman–Crippen LogP) is 3.16. The first-order valence-corrected chi connectivity index (χ1v) is 6.57. The highest BCUT2D eigenvalue weighted by Crippen LogP contribution is 2.35. The van der Waals surface area contributed by atoms with Gasteiger partial charge in [0.25, 0.3) is 0 Å². The van der Waals surface area contributed by atoms with E-state index in [9.17, 15) is 14.3 Å². The summed E-state index contributed by atoms with van der Waals surface area (Å²) in [6, 6.07) is 5.98. The molecule has 3 aromatic rings. The number of ether oxygens (including phenoxy) is 1. The normalized spacial score (nSPS) is 10.9.